The van der Waals surface area contributed by atoms with Crippen molar-refractivity contribution in [3.63, 3.8) is 0 Å². The fraction of sp³-hybridized carbons (Fsp3) is 0.179. The van der Waals surface area contributed by atoms with Crippen LogP contribution in [-0.4, -0.2) is 21.0 Å². The first-order valence-electron chi connectivity index (χ1n) is 11.0. The van der Waals surface area contributed by atoms with Gasteiger partial charge in [0.1, 0.15) is 17.7 Å². The molecule has 0 radical (unpaired) electrons. The van der Waals surface area contributed by atoms with Gasteiger partial charge in [-0.3, -0.25) is 9.88 Å². The summed E-state index contributed by atoms with van der Waals surface area (Å²) in [7, 11) is 0. The van der Waals surface area contributed by atoms with Crippen molar-refractivity contribution < 1.29 is 13.9 Å². The molecule has 34 heavy (non-hydrogen) atoms. The highest BCUT2D eigenvalue weighted by atomic mass is 35.5. The van der Waals surface area contributed by atoms with E-state index in [1.807, 2.05) is 60.7 Å². The number of hydrogen-bond acceptors (Lipinski definition) is 3. The van der Waals surface area contributed by atoms with Gasteiger partial charge >= 0.3 is 0 Å². The fourth-order valence-corrected chi connectivity index (χ4v) is 4.29. The minimum atomic E-state index is -1.04. The number of pyridine rings is 1. The molecule has 0 fully saturated rings. The molecule has 0 aliphatic rings. The highest BCUT2D eigenvalue weighted by molar-refractivity contribution is 6.30. The lowest BCUT2D eigenvalue weighted by Crippen LogP contribution is -2.41. The average Bonchev–Trinajstić information content (AvgIpc) is 2.82. The standard InChI is InChI=1S/C28H25ClF2N2O/c29-23-11-12-32-26(16-23)28(34)27(15-22-13-24(30)17-25(31)14-22)33(18-20-7-3-1-4-8-20)19-21-9-5-2-6-10-21/h1-14,16-17,27-28,34H,15,18-19H2/t27-,28+/m0/s1. The highest BCUT2D eigenvalue weighted by Crippen LogP contribution is 2.28. The smallest absolute Gasteiger partial charge is 0.126 e. The summed E-state index contributed by atoms with van der Waals surface area (Å²) in [5, 5.41) is 11.9. The molecule has 2 atom stereocenters. The third-order valence-electron chi connectivity index (χ3n) is 5.70. The lowest BCUT2D eigenvalue weighted by atomic mass is 9.95. The van der Waals surface area contributed by atoms with Crippen molar-refractivity contribution in [3.05, 3.63) is 136 Å². The summed E-state index contributed by atoms with van der Waals surface area (Å²) in [4.78, 5) is 6.44. The van der Waals surface area contributed by atoms with Crippen LogP contribution in [0.5, 0.6) is 0 Å². The monoisotopic (exact) mass is 478 g/mol. The summed E-state index contributed by atoms with van der Waals surface area (Å²) in [5.41, 5.74) is 2.97. The van der Waals surface area contributed by atoms with Gasteiger partial charge in [-0.15, -0.1) is 0 Å². The SMILES string of the molecule is O[C@H](c1cc(Cl)ccn1)[C@H](Cc1cc(F)cc(F)c1)N(Cc1ccccc1)Cc1ccccc1. The normalized spacial score (nSPS) is 13.1. The first-order chi connectivity index (χ1) is 16.5. The van der Waals surface area contributed by atoms with Crippen molar-refractivity contribution >= 4 is 11.6 Å². The maximum absolute atomic E-state index is 14.0. The number of rotatable bonds is 9. The van der Waals surface area contributed by atoms with Gasteiger partial charge in [-0.25, -0.2) is 8.78 Å². The Morgan fingerprint density at radius 2 is 1.32 bits per heavy atom. The second kappa shape index (κ2) is 11.3. The van der Waals surface area contributed by atoms with E-state index in [4.69, 9.17) is 11.6 Å². The molecule has 4 aromatic rings. The molecule has 4 rings (SSSR count). The van der Waals surface area contributed by atoms with Crippen LogP contribution in [0, 0.1) is 11.6 Å². The first-order valence-corrected chi connectivity index (χ1v) is 11.4. The number of nitrogens with zero attached hydrogens (tertiary/aromatic N) is 2. The molecule has 0 aliphatic carbocycles. The van der Waals surface area contributed by atoms with Gasteiger partial charge in [0.05, 0.1) is 5.69 Å². The van der Waals surface area contributed by atoms with E-state index in [1.54, 1.807) is 18.3 Å². The topological polar surface area (TPSA) is 36.4 Å². The molecule has 0 aliphatic heterocycles. The van der Waals surface area contributed by atoms with Crippen LogP contribution in [0.15, 0.2) is 97.2 Å². The van der Waals surface area contributed by atoms with Crippen LogP contribution >= 0.6 is 11.6 Å². The van der Waals surface area contributed by atoms with Crippen LogP contribution in [0.3, 0.4) is 0 Å². The Morgan fingerprint density at radius 1 is 0.765 bits per heavy atom. The highest BCUT2D eigenvalue weighted by Gasteiger charge is 2.29. The molecule has 3 nitrogen and oxygen atoms in total. The number of aliphatic hydroxyl groups is 1. The van der Waals surface area contributed by atoms with E-state index >= 15 is 0 Å². The van der Waals surface area contributed by atoms with E-state index in [0.717, 1.165) is 17.2 Å². The van der Waals surface area contributed by atoms with Crippen LogP contribution in [0.25, 0.3) is 0 Å². The summed E-state index contributed by atoms with van der Waals surface area (Å²) in [6.07, 6.45) is 0.708. The maximum atomic E-state index is 14.0. The van der Waals surface area contributed by atoms with Crippen LogP contribution in [-0.2, 0) is 19.5 Å². The molecule has 0 spiro atoms. The van der Waals surface area contributed by atoms with E-state index in [2.05, 4.69) is 9.88 Å². The molecule has 0 unspecified atom stereocenters. The molecule has 1 aromatic heterocycles. The van der Waals surface area contributed by atoms with E-state index < -0.39 is 23.8 Å². The van der Waals surface area contributed by atoms with Crippen molar-refractivity contribution in [3.8, 4) is 0 Å². The maximum Gasteiger partial charge on any atom is 0.126 e. The summed E-state index contributed by atoms with van der Waals surface area (Å²) in [6, 6.07) is 26.0. The average molecular weight is 479 g/mol. The predicted octanol–water partition coefficient (Wildman–Crippen LogP) is 6.36. The summed E-state index contributed by atoms with van der Waals surface area (Å²) >= 11 is 6.17. The van der Waals surface area contributed by atoms with E-state index in [9.17, 15) is 13.9 Å². The van der Waals surface area contributed by atoms with Gasteiger partial charge in [0, 0.05) is 36.4 Å². The van der Waals surface area contributed by atoms with Crippen LogP contribution in [0.2, 0.25) is 5.02 Å². The molecule has 0 amide bonds. The van der Waals surface area contributed by atoms with E-state index in [1.165, 1.54) is 12.1 Å². The molecular weight excluding hydrogens is 454 g/mol. The van der Waals surface area contributed by atoms with Crippen molar-refractivity contribution in [2.24, 2.45) is 0 Å². The summed E-state index contributed by atoms with van der Waals surface area (Å²) in [6.45, 7) is 1.05. The molecule has 0 saturated heterocycles. The summed E-state index contributed by atoms with van der Waals surface area (Å²) < 4.78 is 28.0. The second-order valence-electron chi connectivity index (χ2n) is 8.27. The zero-order valence-corrected chi connectivity index (χ0v) is 19.2. The minimum Gasteiger partial charge on any atom is -0.385 e. The van der Waals surface area contributed by atoms with Gasteiger partial charge in [-0.05, 0) is 47.4 Å². The number of hydrogen-bond donors (Lipinski definition) is 1. The predicted molar refractivity (Wildman–Crippen MR) is 130 cm³/mol. The Hall–Kier alpha value is -3.12. The Bertz CT molecular complexity index is 1150. The first kappa shape index (κ1) is 24.0. The zero-order valence-electron chi connectivity index (χ0n) is 18.5. The minimum absolute atomic E-state index is 0.212. The van der Waals surface area contributed by atoms with Gasteiger partial charge in [0.25, 0.3) is 0 Å². The molecule has 0 bridgehead atoms. The third-order valence-corrected chi connectivity index (χ3v) is 5.94. The van der Waals surface area contributed by atoms with Crippen molar-refractivity contribution in [2.45, 2.75) is 31.7 Å². The van der Waals surface area contributed by atoms with E-state index in [-0.39, 0.29) is 6.42 Å². The lowest BCUT2D eigenvalue weighted by molar-refractivity contribution is 0.0356. The summed E-state index contributed by atoms with van der Waals surface area (Å²) in [5.74, 6) is -1.30. The Morgan fingerprint density at radius 3 is 1.85 bits per heavy atom. The largest absolute Gasteiger partial charge is 0.385 e. The quantitative estimate of drug-likeness (QED) is 0.304. The Labute approximate surface area is 203 Å². The van der Waals surface area contributed by atoms with Gasteiger partial charge in [-0.2, -0.15) is 0 Å². The van der Waals surface area contributed by atoms with Crippen molar-refractivity contribution in [1.82, 2.24) is 9.88 Å². The fourth-order valence-electron chi connectivity index (χ4n) is 4.12. The van der Waals surface area contributed by atoms with Gasteiger partial charge in [-0.1, -0.05) is 72.3 Å². The zero-order chi connectivity index (χ0) is 23.9. The van der Waals surface area contributed by atoms with Crippen molar-refractivity contribution in [2.75, 3.05) is 0 Å². The van der Waals surface area contributed by atoms with Crippen LogP contribution in [0.1, 0.15) is 28.5 Å². The molecule has 3 aromatic carbocycles. The molecule has 174 valence electrons. The van der Waals surface area contributed by atoms with Gasteiger partial charge in [0.15, 0.2) is 0 Å². The Balaban J connectivity index is 1.75. The lowest BCUT2D eigenvalue weighted by Gasteiger charge is -2.35. The molecule has 6 heteroatoms. The molecule has 1 N–H and O–H groups in total. The molecule has 1 heterocycles. The number of benzene rings is 3. The van der Waals surface area contributed by atoms with Crippen LogP contribution < -0.4 is 0 Å². The molecular formula is C28H25ClF2N2O. The van der Waals surface area contributed by atoms with Gasteiger partial charge < -0.3 is 5.11 Å². The third kappa shape index (κ3) is 6.48. The molecule has 0 saturated carbocycles. The number of halogens is 3. The van der Waals surface area contributed by atoms with Crippen LogP contribution in [0.4, 0.5) is 8.78 Å². The Kier molecular flexibility index (Phi) is 8.01. The van der Waals surface area contributed by atoms with Crippen molar-refractivity contribution in [1.29, 1.82) is 0 Å². The van der Waals surface area contributed by atoms with Gasteiger partial charge in [0.2, 0.25) is 0 Å². The number of aromatic nitrogens is 1. The number of aliphatic hydroxyl groups excluding tert-OH is 1. The van der Waals surface area contributed by atoms with E-state index in [0.29, 0.717) is 29.4 Å². The second-order valence-corrected chi connectivity index (χ2v) is 8.71.